The van der Waals surface area contributed by atoms with E-state index in [1.807, 2.05) is 11.8 Å². The number of amidine groups is 1. The average molecular weight is 252 g/mol. The van der Waals surface area contributed by atoms with E-state index in [1.165, 1.54) is 55.9 Å². The molecule has 1 spiro atoms. The summed E-state index contributed by atoms with van der Waals surface area (Å²) in [5.41, 5.74) is 1.14. The van der Waals surface area contributed by atoms with E-state index < -0.39 is 0 Å². The SMILES string of the molecule is CC1(CNC2=NCC3(CCCC3)CS2)CCC1. The predicted octanol–water partition coefficient (Wildman–Crippen LogP) is 3.43. The zero-order valence-corrected chi connectivity index (χ0v) is 11.7. The van der Waals surface area contributed by atoms with Crippen molar-refractivity contribution in [3.63, 3.8) is 0 Å². The van der Waals surface area contributed by atoms with E-state index >= 15 is 0 Å². The topological polar surface area (TPSA) is 24.4 Å². The highest BCUT2D eigenvalue weighted by atomic mass is 32.2. The van der Waals surface area contributed by atoms with Gasteiger partial charge in [0.05, 0.1) is 0 Å². The second kappa shape index (κ2) is 4.49. The Morgan fingerprint density at radius 3 is 2.47 bits per heavy atom. The fourth-order valence-corrected chi connectivity index (χ4v) is 4.49. The third-order valence-electron chi connectivity index (χ3n) is 4.96. The first-order chi connectivity index (χ1) is 8.20. The lowest BCUT2D eigenvalue weighted by molar-refractivity contribution is 0.166. The van der Waals surface area contributed by atoms with Gasteiger partial charge in [0.1, 0.15) is 0 Å². The van der Waals surface area contributed by atoms with Crippen LogP contribution in [-0.2, 0) is 0 Å². The minimum atomic E-state index is 0.561. The quantitative estimate of drug-likeness (QED) is 0.814. The van der Waals surface area contributed by atoms with E-state index in [1.54, 1.807) is 0 Å². The van der Waals surface area contributed by atoms with Crippen molar-refractivity contribution in [2.75, 3.05) is 18.8 Å². The van der Waals surface area contributed by atoms with Crippen LogP contribution >= 0.6 is 11.8 Å². The highest BCUT2D eigenvalue weighted by molar-refractivity contribution is 8.13. The van der Waals surface area contributed by atoms with Gasteiger partial charge in [-0.1, -0.05) is 37.9 Å². The first kappa shape index (κ1) is 11.9. The molecule has 0 amide bonds. The van der Waals surface area contributed by atoms with Crippen molar-refractivity contribution in [2.45, 2.75) is 51.9 Å². The highest BCUT2D eigenvalue weighted by Crippen LogP contribution is 2.43. The zero-order valence-electron chi connectivity index (χ0n) is 10.9. The van der Waals surface area contributed by atoms with Gasteiger partial charge in [-0.2, -0.15) is 0 Å². The average Bonchev–Trinajstić information content (AvgIpc) is 2.75. The molecule has 1 heterocycles. The van der Waals surface area contributed by atoms with Crippen molar-refractivity contribution >= 4 is 16.9 Å². The second-order valence-electron chi connectivity index (χ2n) is 6.63. The molecule has 0 aromatic heterocycles. The summed E-state index contributed by atoms with van der Waals surface area (Å²) >= 11 is 1.97. The van der Waals surface area contributed by atoms with Gasteiger partial charge in [-0.3, -0.25) is 4.99 Å². The van der Waals surface area contributed by atoms with Gasteiger partial charge in [0.25, 0.3) is 0 Å². The van der Waals surface area contributed by atoms with E-state index in [0.29, 0.717) is 10.8 Å². The van der Waals surface area contributed by atoms with Crippen molar-refractivity contribution in [3.8, 4) is 0 Å². The molecule has 0 unspecified atom stereocenters. The van der Waals surface area contributed by atoms with Gasteiger partial charge in [0.2, 0.25) is 0 Å². The van der Waals surface area contributed by atoms with Crippen LogP contribution < -0.4 is 5.32 Å². The molecule has 0 radical (unpaired) electrons. The molecule has 3 heteroatoms. The van der Waals surface area contributed by atoms with Crippen molar-refractivity contribution < 1.29 is 0 Å². The zero-order chi connectivity index (χ0) is 11.8. The van der Waals surface area contributed by atoms with Gasteiger partial charge >= 0.3 is 0 Å². The minimum Gasteiger partial charge on any atom is -0.364 e. The van der Waals surface area contributed by atoms with Crippen LogP contribution in [0.4, 0.5) is 0 Å². The van der Waals surface area contributed by atoms with Crippen LogP contribution in [0.15, 0.2) is 4.99 Å². The van der Waals surface area contributed by atoms with Crippen LogP contribution in [0.25, 0.3) is 0 Å². The minimum absolute atomic E-state index is 0.561. The fraction of sp³-hybridized carbons (Fsp3) is 0.929. The Morgan fingerprint density at radius 2 is 1.94 bits per heavy atom. The lowest BCUT2D eigenvalue weighted by Crippen LogP contribution is -2.41. The molecule has 0 aromatic rings. The summed E-state index contributed by atoms with van der Waals surface area (Å²) in [7, 11) is 0. The van der Waals surface area contributed by atoms with Crippen LogP contribution in [0, 0.1) is 10.8 Å². The molecule has 2 fully saturated rings. The maximum absolute atomic E-state index is 4.79. The first-order valence-corrected chi connectivity index (χ1v) is 8.10. The van der Waals surface area contributed by atoms with E-state index in [-0.39, 0.29) is 0 Å². The van der Waals surface area contributed by atoms with Crippen molar-refractivity contribution in [2.24, 2.45) is 15.8 Å². The lowest BCUT2D eigenvalue weighted by atomic mass is 9.70. The maximum atomic E-state index is 4.79. The summed E-state index contributed by atoms with van der Waals surface area (Å²) in [6.07, 6.45) is 9.88. The molecule has 96 valence electrons. The summed E-state index contributed by atoms with van der Waals surface area (Å²) in [5, 5.41) is 4.80. The molecule has 2 saturated carbocycles. The van der Waals surface area contributed by atoms with E-state index in [9.17, 15) is 0 Å². The normalized spacial score (nSPS) is 29.8. The van der Waals surface area contributed by atoms with Crippen LogP contribution in [-0.4, -0.2) is 24.0 Å². The molecule has 0 atom stereocenters. The largest absolute Gasteiger partial charge is 0.364 e. The predicted molar refractivity (Wildman–Crippen MR) is 75.6 cm³/mol. The fourth-order valence-electron chi connectivity index (χ4n) is 3.33. The number of nitrogens with one attached hydrogen (secondary N) is 1. The molecule has 0 saturated heterocycles. The molecule has 2 nitrogen and oxygen atoms in total. The summed E-state index contributed by atoms with van der Waals surface area (Å²) < 4.78 is 0. The molecular weight excluding hydrogens is 228 g/mol. The lowest BCUT2D eigenvalue weighted by Gasteiger charge is -2.39. The van der Waals surface area contributed by atoms with Crippen LogP contribution in [0.2, 0.25) is 0 Å². The van der Waals surface area contributed by atoms with Gasteiger partial charge in [-0.25, -0.2) is 0 Å². The molecule has 1 N–H and O–H groups in total. The Kier molecular flexibility index (Phi) is 3.14. The highest BCUT2D eigenvalue weighted by Gasteiger charge is 2.37. The van der Waals surface area contributed by atoms with Gasteiger partial charge in [0.15, 0.2) is 5.17 Å². The maximum Gasteiger partial charge on any atom is 0.156 e. The molecule has 3 aliphatic rings. The molecule has 3 rings (SSSR count). The second-order valence-corrected chi connectivity index (χ2v) is 7.60. The summed E-state index contributed by atoms with van der Waals surface area (Å²) in [6, 6.07) is 0. The Balaban J connectivity index is 1.50. The van der Waals surface area contributed by atoms with Gasteiger partial charge in [-0.05, 0) is 36.5 Å². The molecule has 0 bridgehead atoms. The van der Waals surface area contributed by atoms with E-state index in [2.05, 4.69) is 12.2 Å². The molecule has 1 aliphatic heterocycles. The third kappa shape index (κ3) is 2.49. The summed E-state index contributed by atoms with van der Waals surface area (Å²) in [5.74, 6) is 1.30. The molecule has 2 aliphatic carbocycles. The number of aliphatic imine (C=N–C) groups is 1. The summed E-state index contributed by atoms with van der Waals surface area (Å²) in [6.45, 7) is 4.61. The van der Waals surface area contributed by atoms with E-state index in [4.69, 9.17) is 4.99 Å². The smallest absolute Gasteiger partial charge is 0.156 e. The van der Waals surface area contributed by atoms with Crippen molar-refractivity contribution in [1.82, 2.24) is 5.32 Å². The Hall–Kier alpha value is -0.180. The third-order valence-corrected chi connectivity index (χ3v) is 6.27. The van der Waals surface area contributed by atoms with Crippen LogP contribution in [0.5, 0.6) is 0 Å². The number of hydrogen-bond acceptors (Lipinski definition) is 3. The number of nitrogens with zero attached hydrogens (tertiary/aromatic N) is 1. The van der Waals surface area contributed by atoms with Crippen molar-refractivity contribution in [3.05, 3.63) is 0 Å². The van der Waals surface area contributed by atoms with Gasteiger partial charge < -0.3 is 5.32 Å². The van der Waals surface area contributed by atoms with E-state index in [0.717, 1.165) is 13.1 Å². The standard InChI is InChI=1S/C14H24N2S/c1-13(5-4-6-13)9-15-12-16-10-14(11-17-12)7-2-3-8-14/h2-11H2,1H3,(H,15,16). The molecule has 0 aromatic carbocycles. The van der Waals surface area contributed by atoms with Crippen LogP contribution in [0.1, 0.15) is 51.9 Å². The number of thioether (sulfide) groups is 1. The monoisotopic (exact) mass is 252 g/mol. The number of hydrogen-bond donors (Lipinski definition) is 1. The van der Waals surface area contributed by atoms with Gasteiger partial charge in [-0.15, -0.1) is 0 Å². The Labute approximate surface area is 109 Å². The Morgan fingerprint density at radius 1 is 1.18 bits per heavy atom. The van der Waals surface area contributed by atoms with Crippen molar-refractivity contribution in [1.29, 1.82) is 0 Å². The summed E-state index contributed by atoms with van der Waals surface area (Å²) in [4.78, 5) is 4.79. The van der Waals surface area contributed by atoms with Crippen LogP contribution in [0.3, 0.4) is 0 Å². The number of rotatable bonds is 2. The molecular formula is C14H24N2S. The van der Waals surface area contributed by atoms with Gasteiger partial charge in [0, 0.05) is 18.8 Å². The first-order valence-electron chi connectivity index (χ1n) is 7.11. The Bertz CT molecular complexity index is 314. The molecule has 17 heavy (non-hydrogen) atoms.